The molecule has 14 heteroatoms. The number of rotatable bonds is 3. The Balaban J connectivity index is 1.85. The molecule has 0 aliphatic carbocycles. The van der Waals surface area contributed by atoms with Gasteiger partial charge in [-0.1, -0.05) is 12.1 Å². The number of alkyl halides is 3. The van der Waals surface area contributed by atoms with Crippen LogP contribution in [0.1, 0.15) is 22.4 Å². The molecule has 192 valence electrons. The summed E-state index contributed by atoms with van der Waals surface area (Å²) in [6.07, 6.45) is -4.23. The number of nitriles is 1. The van der Waals surface area contributed by atoms with Crippen LogP contribution in [0.5, 0.6) is 0 Å². The van der Waals surface area contributed by atoms with Crippen LogP contribution < -0.4 is 21.5 Å². The third kappa shape index (κ3) is 3.85. The molecule has 10 nitrogen and oxygen atoms in total. The third-order valence-corrected chi connectivity index (χ3v) is 6.96. The first kappa shape index (κ1) is 24.9. The van der Waals surface area contributed by atoms with Crippen LogP contribution in [0.3, 0.4) is 0 Å². The van der Waals surface area contributed by atoms with Crippen molar-refractivity contribution in [2.24, 2.45) is 5.14 Å². The summed E-state index contributed by atoms with van der Waals surface area (Å²) >= 11 is 0. The highest BCUT2D eigenvalue weighted by atomic mass is 32.2. The summed E-state index contributed by atoms with van der Waals surface area (Å²) in [5.41, 5.74) is -3.53. The fraction of sp³-hybridized carbons (Fsp3) is 0.0833. The van der Waals surface area contributed by atoms with Crippen LogP contribution in [0, 0.1) is 18.3 Å². The van der Waals surface area contributed by atoms with E-state index in [1.165, 1.54) is 6.92 Å². The first-order valence-corrected chi connectivity index (χ1v) is 12.3. The fourth-order valence-electron chi connectivity index (χ4n) is 4.20. The van der Waals surface area contributed by atoms with Crippen molar-refractivity contribution in [1.82, 2.24) is 19.2 Å². The van der Waals surface area contributed by atoms with Crippen molar-refractivity contribution in [2.75, 3.05) is 0 Å². The number of sulfonamides is 1. The van der Waals surface area contributed by atoms with Gasteiger partial charge in [-0.25, -0.2) is 23.2 Å². The number of aromatic amines is 1. The molecule has 0 unspecified atom stereocenters. The van der Waals surface area contributed by atoms with Gasteiger partial charge in [0, 0.05) is 5.22 Å². The van der Waals surface area contributed by atoms with Crippen LogP contribution in [0.4, 0.5) is 13.2 Å². The number of hydrogen-bond acceptors (Lipinski definition) is 6. The largest absolute Gasteiger partial charge is 0.433 e. The first-order chi connectivity index (χ1) is 17.8. The highest BCUT2D eigenvalue weighted by Crippen LogP contribution is 2.30. The van der Waals surface area contributed by atoms with E-state index in [2.05, 4.69) is 4.98 Å². The number of H-pyrrole nitrogens is 1. The number of aromatic nitrogens is 4. The lowest BCUT2D eigenvalue weighted by atomic mass is 10.1. The summed E-state index contributed by atoms with van der Waals surface area (Å²) in [7, 11) is -4.08. The minimum Gasteiger partial charge on any atom is -0.286 e. The minimum atomic E-state index is -5.03. The molecule has 3 N–H and O–H groups in total. The molecule has 0 saturated carbocycles. The zero-order chi connectivity index (χ0) is 27.6. The summed E-state index contributed by atoms with van der Waals surface area (Å²) in [6.45, 7) is 1.38. The lowest BCUT2D eigenvalue weighted by Crippen LogP contribution is -2.35. The molecule has 3 aromatic heterocycles. The molecule has 2 aromatic carbocycles. The van der Waals surface area contributed by atoms with Gasteiger partial charge in [-0.05, 0) is 55.0 Å². The van der Waals surface area contributed by atoms with Crippen LogP contribution in [0.15, 0.2) is 63.0 Å². The van der Waals surface area contributed by atoms with E-state index < -0.39 is 38.6 Å². The quantitative estimate of drug-likeness (QED) is 0.355. The number of para-hydroxylation sites is 2. The number of nitrogens with one attached hydrogen (secondary N) is 1. The molecular weight excluding hydrogens is 525 g/mol. The van der Waals surface area contributed by atoms with Crippen LogP contribution in [-0.2, 0) is 16.2 Å². The second-order valence-electron chi connectivity index (χ2n) is 8.31. The molecule has 0 fully saturated rings. The lowest BCUT2D eigenvalue weighted by Gasteiger charge is -2.06. The molecule has 0 aliphatic rings. The Bertz CT molecular complexity index is 2100. The van der Waals surface area contributed by atoms with E-state index in [4.69, 9.17) is 5.14 Å². The Morgan fingerprint density at radius 1 is 1.08 bits per heavy atom. The maximum Gasteiger partial charge on any atom is 0.433 e. The molecule has 0 aliphatic heterocycles. The first-order valence-electron chi connectivity index (χ1n) is 10.7. The highest BCUT2D eigenvalue weighted by molar-refractivity contribution is 7.89. The van der Waals surface area contributed by atoms with Gasteiger partial charge in [0.15, 0.2) is 5.65 Å². The number of nitrogens with zero attached hydrogens (tertiary/aromatic N) is 4. The SMILES string of the molecule is Cc1c(C#N)c2nc3ccccc3n2c(=O)/c1=C/c1c(C(F)(F)F)[nH]n(-c2ccc(S(N)(=O)=O)cc2)c1=O. The summed E-state index contributed by atoms with van der Waals surface area (Å²) in [4.78, 5) is 30.7. The van der Waals surface area contributed by atoms with Gasteiger partial charge >= 0.3 is 6.18 Å². The zero-order valence-corrected chi connectivity index (χ0v) is 20.1. The molecule has 5 rings (SSSR count). The van der Waals surface area contributed by atoms with Gasteiger partial charge in [0.25, 0.3) is 11.1 Å². The molecule has 0 amide bonds. The molecule has 0 saturated heterocycles. The molecule has 0 spiro atoms. The number of primary sulfonamides is 1. The maximum absolute atomic E-state index is 14.0. The Labute approximate surface area is 210 Å². The van der Waals surface area contributed by atoms with Gasteiger partial charge in [0.05, 0.1) is 32.7 Å². The van der Waals surface area contributed by atoms with Crippen LogP contribution in [-0.4, -0.2) is 27.6 Å². The van der Waals surface area contributed by atoms with Gasteiger partial charge in [-0.15, -0.1) is 0 Å². The van der Waals surface area contributed by atoms with Gasteiger partial charge in [-0.2, -0.15) is 18.4 Å². The predicted octanol–water partition coefficient (Wildman–Crippen LogP) is 1.72. The fourth-order valence-corrected chi connectivity index (χ4v) is 4.71. The van der Waals surface area contributed by atoms with E-state index in [0.717, 1.165) is 34.7 Å². The van der Waals surface area contributed by atoms with Crippen molar-refractivity contribution in [3.63, 3.8) is 0 Å². The van der Waals surface area contributed by atoms with Gasteiger partial charge in [-0.3, -0.25) is 19.1 Å². The molecule has 3 heterocycles. The molecule has 5 aromatic rings. The summed E-state index contributed by atoms with van der Waals surface area (Å²) < 4.78 is 66.7. The van der Waals surface area contributed by atoms with E-state index in [-0.39, 0.29) is 32.6 Å². The minimum absolute atomic E-state index is 0.0324. The Morgan fingerprint density at radius 3 is 2.34 bits per heavy atom. The van der Waals surface area contributed by atoms with Crippen molar-refractivity contribution in [3.8, 4) is 11.8 Å². The number of imidazole rings is 1. The van der Waals surface area contributed by atoms with Gasteiger partial charge in [0.2, 0.25) is 10.0 Å². The second kappa shape index (κ2) is 8.40. The van der Waals surface area contributed by atoms with Crippen molar-refractivity contribution >= 4 is 32.8 Å². The summed E-state index contributed by atoms with van der Waals surface area (Å²) in [5, 5.41) is 16.5. The van der Waals surface area contributed by atoms with E-state index in [1.807, 2.05) is 11.2 Å². The smallest absolute Gasteiger partial charge is 0.286 e. The van der Waals surface area contributed by atoms with Gasteiger partial charge < -0.3 is 0 Å². The average molecular weight is 540 g/mol. The van der Waals surface area contributed by atoms with E-state index in [0.29, 0.717) is 15.7 Å². The van der Waals surface area contributed by atoms with Crippen molar-refractivity contribution in [3.05, 3.63) is 96.8 Å². The number of fused-ring (bicyclic) bond motifs is 3. The number of nitrogens with two attached hydrogens (primary N) is 1. The van der Waals surface area contributed by atoms with Crippen LogP contribution in [0.25, 0.3) is 28.4 Å². The number of halogens is 3. The molecule has 0 bridgehead atoms. The molecule has 38 heavy (non-hydrogen) atoms. The molecule has 0 atom stereocenters. The van der Waals surface area contributed by atoms with Crippen molar-refractivity contribution in [1.29, 1.82) is 5.26 Å². The van der Waals surface area contributed by atoms with Crippen molar-refractivity contribution in [2.45, 2.75) is 18.0 Å². The van der Waals surface area contributed by atoms with Crippen LogP contribution in [0.2, 0.25) is 0 Å². The summed E-state index contributed by atoms with van der Waals surface area (Å²) in [6, 6.07) is 12.7. The summed E-state index contributed by atoms with van der Waals surface area (Å²) in [5.74, 6) is 0. The number of pyridine rings is 1. The Kier molecular flexibility index (Phi) is 5.51. The van der Waals surface area contributed by atoms with E-state index in [1.54, 1.807) is 24.3 Å². The normalized spacial score (nSPS) is 12.9. The number of benzene rings is 2. The molecule has 0 radical (unpaired) electrons. The Hall–Kier alpha value is -4.74. The molecular formula is C24H15F3N6O4S. The van der Waals surface area contributed by atoms with Crippen LogP contribution >= 0.6 is 0 Å². The van der Waals surface area contributed by atoms with Gasteiger partial charge in [0.1, 0.15) is 11.8 Å². The monoisotopic (exact) mass is 540 g/mol. The lowest BCUT2D eigenvalue weighted by molar-refractivity contribution is -0.141. The second-order valence-corrected chi connectivity index (χ2v) is 9.87. The topological polar surface area (TPSA) is 156 Å². The van der Waals surface area contributed by atoms with E-state index in [9.17, 15) is 36.4 Å². The average Bonchev–Trinajstić information content (AvgIpc) is 3.39. The van der Waals surface area contributed by atoms with Crippen molar-refractivity contribution < 1.29 is 21.6 Å². The third-order valence-electron chi connectivity index (χ3n) is 6.03. The highest BCUT2D eigenvalue weighted by Gasteiger charge is 2.37. The maximum atomic E-state index is 14.0. The van der Waals surface area contributed by atoms with E-state index >= 15 is 0 Å². The zero-order valence-electron chi connectivity index (χ0n) is 19.2. The number of hydrogen-bond donors (Lipinski definition) is 2. The predicted molar refractivity (Wildman–Crippen MR) is 130 cm³/mol. The Morgan fingerprint density at radius 2 is 1.74 bits per heavy atom. The standard InChI is InChI=1S/C24H15F3N6O4S/c1-12-15(22(34)32-19-5-3-2-4-18(19)30-21(32)17(12)11-28)10-16-20(24(25,26)27)31-33(23(16)35)13-6-8-14(9-7-13)38(29,36)37/h2-10,31H,1H3,(H2,29,36,37)/b15-10+.